The molecule has 1 aliphatic heterocycles. The number of benzene rings is 1. The lowest BCUT2D eigenvalue weighted by molar-refractivity contribution is -0.121. The average Bonchev–Trinajstić information content (AvgIpc) is 2.44. The van der Waals surface area contributed by atoms with Crippen LogP contribution in [0.1, 0.15) is 6.92 Å². The molecule has 1 aliphatic rings. The summed E-state index contributed by atoms with van der Waals surface area (Å²) in [5, 5.41) is 5.62. The summed E-state index contributed by atoms with van der Waals surface area (Å²) < 4.78 is 26.5. The molecule has 2 N–H and O–H groups in total. The van der Waals surface area contributed by atoms with Crippen LogP contribution in [0.3, 0.4) is 0 Å². The molecule has 0 radical (unpaired) electrons. The molecule has 1 saturated heterocycles. The number of piperazine rings is 1. The topological polar surface area (TPSA) is 44.4 Å². The maximum Gasteiger partial charge on any atom is 0.241 e. The first-order chi connectivity index (χ1) is 9.09. The Morgan fingerprint density at radius 3 is 2.74 bits per heavy atom. The van der Waals surface area contributed by atoms with Gasteiger partial charge >= 0.3 is 0 Å². The van der Waals surface area contributed by atoms with Crippen LogP contribution >= 0.6 is 0 Å². The van der Waals surface area contributed by atoms with Crippen LogP contribution in [0, 0.1) is 11.6 Å². The number of anilines is 1. The van der Waals surface area contributed by atoms with Gasteiger partial charge in [0.25, 0.3) is 0 Å². The third-order valence-electron chi connectivity index (χ3n) is 3.29. The summed E-state index contributed by atoms with van der Waals surface area (Å²) in [6.07, 6.45) is 0. The molecular formula is C13H17F2N3O. The zero-order chi connectivity index (χ0) is 13.8. The van der Waals surface area contributed by atoms with Crippen LogP contribution in [-0.2, 0) is 4.79 Å². The van der Waals surface area contributed by atoms with E-state index >= 15 is 0 Å². The summed E-state index contributed by atoms with van der Waals surface area (Å²) in [6.45, 7) is 4.94. The maximum absolute atomic E-state index is 13.5. The predicted molar refractivity (Wildman–Crippen MR) is 68.9 cm³/mol. The normalized spacial score (nSPS) is 18.1. The van der Waals surface area contributed by atoms with E-state index in [4.69, 9.17) is 0 Å². The predicted octanol–water partition coefficient (Wildman–Crippen LogP) is 1.20. The van der Waals surface area contributed by atoms with Crippen molar-refractivity contribution in [2.75, 3.05) is 31.5 Å². The van der Waals surface area contributed by atoms with E-state index in [1.807, 2.05) is 4.90 Å². The molecule has 0 saturated carbocycles. The first kappa shape index (κ1) is 13.9. The van der Waals surface area contributed by atoms with Crippen molar-refractivity contribution in [2.24, 2.45) is 0 Å². The fourth-order valence-electron chi connectivity index (χ4n) is 2.07. The number of carbonyl (C=O) groups is 1. The minimum Gasteiger partial charge on any atom is -0.322 e. The molecule has 0 bridgehead atoms. The zero-order valence-electron chi connectivity index (χ0n) is 10.7. The van der Waals surface area contributed by atoms with Crippen molar-refractivity contribution in [1.82, 2.24) is 10.2 Å². The van der Waals surface area contributed by atoms with Crippen LogP contribution in [0.2, 0.25) is 0 Å². The van der Waals surface area contributed by atoms with Gasteiger partial charge < -0.3 is 10.6 Å². The number of nitrogens with zero attached hydrogens (tertiary/aromatic N) is 1. The second kappa shape index (κ2) is 6.08. The molecule has 1 unspecified atom stereocenters. The van der Waals surface area contributed by atoms with Gasteiger partial charge in [-0.15, -0.1) is 0 Å². The number of hydrogen-bond donors (Lipinski definition) is 2. The van der Waals surface area contributed by atoms with Gasteiger partial charge in [0.05, 0.1) is 11.7 Å². The molecular weight excluding hydrogens is 252 g/mol. The van der Waals surface area contributed by atoms with Gasteiger partial charge in [0, 0.05) is 26.2 Å². The Kier molecular flexibility index (Phi) is 4.44. The van der Waals surface area contributed by atoms with Crippen LogP contribution in [-0.4, -0.2) is 43.0 Å². The van der Waals surface area contributed by atoms with Gasteiger partial charge in [-0.05, 0) is 19.1 Å². The van der Waals surface area contributed by atoms with E-state index < -0.39 is 11.6 Å². The molecule has 1 amide bonds. The SMILES string of the molecule is CC(C(=O)Nc1cccc(F)c1F)N1CCNCC1. The van der Waals surface area contributed by atoms with Gasteiger partial charge in [0.2, 0.25) is 5.91 Å². The Labute approximate surface area is 110 Å². The molecule has 6 heteroatoms. The van der Waals surface area contributed by atoms with Gasteiger partial charge in [-0.25, -0.2) is 8.78 Å². The second-order valence-electron chi connectivity index (χ2n) is 4.55. The molecule has 1 atom stereocenters. The second-order valence-corrected chi connectivity index (χ2v) is 4.55. The molecule has 1 aromatic carbocycles. The van der Waals surface area contributed by atoms with Crippen LogP contribution in [0.4, 0.5) is 14.5 Å². The maximum atomic E-state index is 13.5. The average molecular weight is 269 g/mol. The summed E-state index contributed by atoms with van der Waals surface area (Å²) in [7, 11) is 0. The Morgan fingerprint density at radius 2 is 2.05 bits per heavy atom. The third-order valence-corrected chi connectivity index (χ3v) is 3.29. The van der Waals surface area contributed by atoms with Crippen molar-refractivity contribution in [1.29, 1.82) is 0 Å². The quantitative estimate of drug-likeness (QED) is 0.866. The Bertz CT molecular complexity index is 461. The van der Waals surface area contributed by atoms with Crippen LogP contribution < -0.4 is 10.6 Å². The standard InChI is InChI=1S/C13H17F2N3O/c1-9(18-7-5-16-6-8-18)13(19)17-11-4-2-3-10(14)12(11)15/h2-4,9,16H,5-8H2,1H3,(H,17,19). The Hall–Kier alpha value is -1.53. The minimum atomic E-state index is -1.02. The van der Waals surface area contributed by atoms with Gasteiger partial charge in [-0.1, -0.05) is 6.07 Å². The van der Waals surface area contributed by atoms with Crippen molar-refractivity contribution in [2.45, 2.75) is 13.0 Å². The molecule has 2 rings (SSSR count). The fraction of sp³-hybridized carbons (Fsp3) is 0.462. The number of amides is 1. The number of carbonyl (C=O) groups excluding carboxylic acids is 1. The highest BCUT2D eigenvalue weighted by Gasteiger charge is 2.23. The number of hydrogen-bond acceptors (Lipinski definition) is 3. The lowest BCUT2D eigenvalue weighted by atomic mass is 10.2. The van der Waals surface area contributed by atoms with Crippen molar-refractivity contribution < 1.29 is 13.6 Å². The van der Waals surface area contributed by atoms with E-state index in [2.05, 4.69) is 10.6 Å². The summed E-state index contributed by atoms with van der Waals surface area (Å²) in [6, 6.07) is 3.36. The van der Waals surface area contributed by atoms with Crippen LogP contribution in [0.25, 0.3) is 0 Å². The highest BCUT2D eigenvalue weighted by Crippen LogP contribution is 2.17. The summed E-state index contributed by atoms with van der Waals surface area (Å²) in [5.74, 6) is -2.32. The molecule has 0 aromatic heterocycles. The highest BCUT2D eigenvalue weighted by atomic mass is 19.2. The highest BCUT2D eigenvalue weighted by molar-refractivity contribution is 5.94. The molecule has 1 aromatic rings. The van der Waals surface area contributed by atoms with Crippen molar-refractivity contribution >= 4 is 11.6 Å². The van der Waals surface area contributed by atoms with Crippen molar-refractivity contribution in [3.05, 3.63) is 29.8 Å². The van der Waals surface area contributed by atoms with Gasteiger partial charge in [0.15, 0.2) is 11.6 Å². The number of rotatable bonds is 3. The number of nitrogens with one attached hydrogen (secondary N) is 2. The summed E-state index contributed by atoms with van der Waals surface area (Å²) in [4.78, 5) is 14.0. The van der Waals surface area contributed by atoms with Gasteiger partial charge in [-0.3, -0.25) is 9.69 Å². The molecule has 104 valence electrons. The molecule has 0 aliphatic carbocycles. The number of halogens is 2. The Balaban J connectivity index is 2.01. The molecule has 1 heterocycles. The third kappa shape index (κ3) is 3.27. The van der Waals surface area contributed by atoms with Gasteiger partial charge in [-0.2, -0.15) is 0 Å². The lowest BCUT2D eigenvalue weighted by Crippen LogP contribution is -2.51. The monoisotopic (exact) mass is 269 g/mol. The first-order valence-corrected chi connectivity index (χ1v) is 6.29. The molecule has 19 heavy (non-hydrogen) atoms. The lowest BCUT2D eigenvalue weighted by Gasteiger charge is -2.31. The van der Waals surface area contributed by atoms with E-state index in [0.717, 1.165) is 32.2 Å². The van der Waals surface area contributed by atoms with E-state index in [1.54, 1.807) is 6.92 Å². The Morgan fingerprint density at radius 1 is 1.37 bits per heavy atom. The van der Waals surface area contributed by atoms with Crippen molar-refractivity contribution in [3.8, 4) is 0 Å². The molecule has 4 nitrogen and oxygen atoms in total. The van der Waals surface area contributed by atoms with E-state index in [9.17, 15) is 13.6 Å². The van der Waals surface area contributed by atoms with Crippen molar-refractivity contribution in [3.63, 3.8) is 0 Å². The van der Waals surface area contributed by atoms with Gasteiger partial charge in [0.1, 0.15) is 0 Å². The fourth-order valence-corrected chi connectivity index (χ4v) is 2.07. The summed E-state index contributed by atoms with van der Waals surface area (Å²) in [5.41, 5.74) is -0.119. The first-order valence-electron chi connectivity index (χ1n) is 6.29. The molecule has 1 fully saturated rings. The summed E-state index contributed by atoms with van der Waals surface area (Å²) >= 11 is 0. The smallest absolute Gasteiger partial charge is 0.241 e. The van der Waals surface area contributed by atoms with Crippen LogP contribution in [0.15, 0.2) is 18.2 Å². The van der Waals surface area contributed by atoms with Crippen LogP contribution in [0.5, 0.6) is 0 Å². The molecule has 0 spiro atoms. The largest absolute Gasteiger partial charge is 0.322 e. The zero-order valence-corrected chi connectivity index (χ0v) is 10.7. The van der Waals surface area contributed by atoms with E-state index in [-0.39, 0.29) is 17.6 Å². The van der Waals surface area contributed by atoms with E-state index in [0.29, 0.717) is 0 Å². The minimum absolute atomic E-state index is 0.119. The van der Waals surface area contributed by atoms with E-state index in [1.165, 1.54) is 12.1 Å².